The SMILES string of the molecule is COc1cc(=O)n2c(c1C(=O)N1CCNC(=O)C1)CCN(C[C@H]1CC=CCC1)CC2. The normalized spacial score (nSPS) is 22.2. The fourth-order valence-electron chi connectivity index (χ4n) is 4.72. The highest BCUT2D eigenvalue weighted by atomic mass is 16.5. The summed E-state index contributed by atoms with van der Waals surface area (Å²) in [6.07, 6.45) is 8.57. The number of nitrogens with zero attached hydrogens (tertiary/aromatic N) is 3. The van der Waals surface area contributed by atoms with E-state index in [-0.39, 0.29) is 23.9 Å². The number of ether oxygens (including phenoxy) is 1. The molecule has 1 aliphatic carbocycles. The molecule has 0 radical (unpaired) electrons. The molecule has 0 saturated carbocycles. The van der Waals surface area contributed by atoms with E-state index in [0.717, 1.165) is 38.2 Å². The van der Waals surface area contributed by atoms with Crippen LogP contribution in [0.1, 0.15) is 35.3 Å². The van der Waals surface area contributed by atoms with Gasteiger partial charge in [-0.15, -0.1) is 0 Å². The highest BCUT2D eigenvalue weighted by Crippen LogP contribution is 2.26. The second kappa shape index (κ2) is 9.04. The average Bonchev–Trinajstić information content (AvgIpc) is 2.97. The van der Waals surface area contributed by atoms with Crippen LogP contribution in [0.2, 0.25) is 0 Å². The Morgan fingerprint density at radius 3 is 2.80 bits per heavy atom. The molecule has 4 rings (SSSR count). The first-order valence-corrected chi connectivity index (χ1v) is 10.8. The molecular formula is C22H30N4O4. The fraction of sp³-hybridized carbons (Fsp3) is 0.591. The first-order chi connectivity index (χ1) is 14.6. The van der Waals surface area contributed by atoms with Crippen molar-refractivity contribution in [2.45, 2.75) is 32.2 Å². The van der Waals surface area contributed by atoms with Gasteiger partial charge in [0.2, 0.25) is 5.91 Å². The quantitative estimate of drug-likeness (QED) is 0.732. The molecule has 3 heterocycles. The van der Waals surface area contributed by atoms with Gasteiger partial charge in [0.1, 0.15) is 11.3 Å². The molecular weight excluding hydrogens is 384 g/mol. The minimum absolute atomic E-state index is 0.0296. The Labute approximate surface area is 176 Å². The van der Waals surface area contributed by atoms with E-state index >= 15 is 0 Å². The second-order valence-corrected chi connectivity index (χ2v) is 8.30. The number of nitrogens with one attached hydrogen (secondary N) is 1. The number of carbonyl (C=O) groups excluding carboxylic acids is 2. The van der Waals surface area contributed by atoms with Crippen molar-refractivity contribution in [2.75, 3.05) is 46.4 Å². The molecule has 1 N–H and O–H groups in total. The van der Waals surface area contributed by atoms with E-state index in [4.69, 9.17) is 4.74 Å². The summed E-state index contributed by atoms with van der Waals surface area (Å²) in [6, 6.07) is 1.41. The van der Waals surface area contributed by atoms with Crippen LogP contribution in [0, 0.1) is 5.92 Å². The summed E-state index contributed by atoms with van der Waals surface area (Å²) < 4.78 is 7.16. The van der Waals surface area contributed by atoms with Crippen LogP contribution in [-0.4, -0.2) is 72.6 Å². The van der Waals surface area contributed by atoms with E-state index in [1.54, 1.807) is 9.47 Å². The van der Waals surface area contributed by atoms with Gasteiger partial charge in [-0.3, -0.25) is 14.4 Å². The zero-order chi connectivity index (χ0) is 21.1. The number of rotatable bonds is 4. The third-order valence-electron chi connectivity index (χ3n) is 6.34. The first kappa shape index (κ1) is 20.7. The van der Waals surface area contributed by atoms with Crippen molar-refractivity contribution in [3.8, 4) is 5.75 Å². The first-order valence-electron chi connectivity index (χ1n) is 10.8. The summed E-state index contributed by atoms with van der Waals surface area (Å²) in [6.45, 7) is 4.08. The van der Waals surface area contributed by atoms with Crippen LogP contribution in [0.4, 0.5) is 0 Å². The van der Waals surface area contributed by atoms with Crippen molar-refractivity contribution in [2.24, 2.45) is 5.92 Å². The molecule has 0 spiro atoms. The van der Waals surface area contributed by atoms with E-state index in [9.17, 15) is 14.4 Å². The second-order valence-electron chi connectivity index (χ2n) is 8.30. The molecule has 1 saturated heterocycles. The minimum Gasteiger partial charge on any atom is -0.496 e. The van der Waals surface area contributed by atoms with Crippen molar-refractivity contribution >= 4 is 11.8 Å². The maximum absolute atomic E-state index is 13.3. The van der Waals surface area contributed by atoms with E-state index in [0.29, 0.717) is 43.3 Å². The largest absolute Gasteiger partial charge is 0.496 e. The molecule has 0 aromatic carbocycles. The Balaban J connectivity index is 1.60. The number of hydrogen-bond acceptors (Lipinski definition) is 5. The third-order valence-corrected chi connectivity index (χ3v) is 6.34. The summed E-state index contributed by atoms with van der Waals surface area (Å²) in [5.41, 5.74) is 1.01. The van der Waals surface area contributed by atoms with Gasteiger partial charge >= 0.3 is 0 Å². The molecule has 0 unspecified atom stereocenters. The van der Waals surface area contributed by atoms with Crippen molar-refractivity contribution in [3.05, 3.63) is 39.8 Å². The maximum atomic E-state index is 13.3. The molecule has 1 aromatic heterocycles. The van der Waals surface area contributed by atoms with Crippen LogP contribution in [0.15, 0.2) is 23.0 Å². The van der Waals surface area contributed by atoms with E-state index in [1.807, 2.05) is 0 Å². The van der Waals surface area contributed by atoms with Gasteiger partial charge in [-0.05, 0) is 25.2 Å². The number of aromatic nitrogens is 1. The zero-order valence-electron chi connectivity index (χ0n) is 17.6. The van der Waals surface area contributed by atoms with Crippen LogP contribution in [0.5, 0.6) is 5.75 Å². The lowest BCUT2D eigenvalue weighted by Crippen LogP contribution is -2.50. The number of pyridine rings is 1. The van der Waals surface area contributed by atoms with Crippen molar-refractivity contribution in [1.82, 2.24) is 19.7 Å². The van der Waals surface area contributed by atoms with Gasteiger partial charge in [0.25, 0.3) is 11.5 Å². The van der Waals surface area contributed by atoms with Crippen LogP contribution in [-0.2, 0) is 17.8 Å². The standard InChI is InChI=1S/C22H30N4O4/c1-30-18-13-20(28)26-12-11-24(14-16-5-3-2-4-6-16)9-7-17(26)21(18)22(29)25-10-8-23-19(27)15-25/h2-3,13,16H,4-12,14-15H2,1H3,(H,23,27)/t16-/m0/s1. The molecule has 8 nitrogen and oxygen atoms in total. The van der Waals surface area contributed by atoms with E-state index in [1.165, 1.54) is 19.6 Å². The van der Waals surface area contributed by atoms with E-state index in [2.05, 4.69) is 22.4 Å². The number of amides is 2. The summed E-state index contributed by atoms with van der Waals surface area (Å²) in [4.78, 5) is 41.9. The van der Waals surface area contributed by atoms with Crippen LogP contribution in [0.25, 0.3) is 0 Å². The van der Waals surface area contributed by atoms with Gasteiger partial charge in [-0.25, -0.2) is 0 Å². The highest BCUT2D eigenvalue weighted by Gasteiger charge is 2.30. The van der Waals surface area contributed by atoms with Gasteiger partial charge in [-0.1, -0.05) is 12.2 Å². The maximum Gasteiger partial charge on any atom is 0.259 e. The average molecular weight is 415 g/mol. The van der Waals surface area contributed by atoms with Gasteiger partial charge in [0.05, 0.1) is 13.7 Å². The molecule has 2 aliphatic heterocycles. The lowest BCUT2D eigenvalue weighted by Gasteiger charge is -2.28. The molecule has 2 amide bonds. The Bertz CT molecular complexity index is 907. The lowest BCUT2D eigenvalue weighted by atomic mass is 9.94. The summed E-state index contributed by atoms with van der Waals surface area (Å²) in [7, 11) is 1.48. The summed E-state index contributed by atoms with van der Waals surface area (Å²) in [5, 5.41) is 2.74. The van der Waals surface area contributed by atoms with Crippen molar-refractivity contribution in [3.63, 3.8) is 0 Å². The number of hydrogen-bond donors (Lipinski definition) is 1. The van der Waals surface area contributed by atoms with E-state index < -0.39 is 0 Å². The topological polar surface area (TPSA) is 83.9 Å². The Morgan fingerprint density at radius 2 is 2.07 bits per heavy atom. The zero-order valence-corrected chi connectivity index (χ0v) is 17.6. The van der Waals surface area contributed by atoms with Crippen molar-refractivity contribution in [1.29, 1.82) is 0 Å². The predicted molar refractivity (Wildman–Crippen MR) is 113 cm³/mol. The number of carbonyl (C=O) groups is 2. The Morgan fingerprint density at radius 1 is 1.20 bits per heavy atom. The molecule has 1 atom stereocenters. The van der Waals surface area contributed by atoms with Gasteiger partial charge in [0.15, 0.2) is 0 Å². The lowest BCUT2D eigenvalue weighted by molar-refractivity contribution is -0.123. The summed E-state index contributed by atoms with van der Waals surface area (Å²) >= 11 is 0. The highest BCUT2D eigenvalue weighted by molar-refractivity contribution is 6.00. The molecule has 162 valence electrons. The Kier molecular flexibility index (Phi) is 6.22. The van der Waals surface area contributed by atoms with Gasteiger partial charge < -0.3 is 24.4 Å². The summed E-state index contributed by atoms with van der Waals surface area (Å²) in [5.74, 6) is 0.542. The molecule has 1 fully saturated rings. The van der Waals surface area contributed by atoms with Crippen LogP contribution in [0.3, 0.4) is 0 Å². The minimum atomic E-state index is -0.240. The fourth-order valence-corrected chi connectivity index (χ4v) is 4.72. The van der Waals surface area contributed by atoms with Gasteiger partial charge in [-0.2, -0.15) is 0 Å². The molecule has 0 bridgehead atoms. The molecule has 30 heavy (non-hydrogen) atoms. The van der Waals surface area contributed by atoms with Crippen molar-refractivity contribution < 1.29 is 14.3 Å². The van der Waals surface area contributed by atoms with Crippen LogP contribution >= 0.6 is 0 Å². The molecule has 3 aliphatic rings. The number of allylic oxidation sites excluding steroid dienone is 2. The Hall–Kier alpha value is -2.61. The monoisotopic (exact) mass is 414 g/mol. The smallest absolute Gasteiger partial charge is 0.259 e. The van der Waals surface area contributed by atoms with Crippen LogP contribution < -0.4 is 15.6 Å². The number of piperazine rings is 1. The van der Waals surface area contributed by atoms with Gasteiger partial charge in [0, 0.05) is 57.4 Å². The number of methoxy groups -OCH3 is 1. The number of fused-ring (bicyclic) bond motifs is 1. The predicted octanol–water partition coefficient (Wildman–Crippen LogP) is 0.643. The molecule has 8 heteroatoms. The molecule has 1 aromatic rings. The third kappa shape index (κ3) is 4.28.